The van der Waals surface area contributed by atoms with Crippen LogP contribution in [0.1, 0.15) is 60.4 Å². The van der Waals surface area contributed by atoms with Crippen LogP contribution in [0, 0.1) is 11.3 Å². The highest BCUT2D eigenvalue weighted by Gasteiger charge is 2.31. The predicted molar refractivity (Wildman–Crippen MR) is 129 cm³/mol. The monoisotopic (exact) mass is 459 g/mol. The van der Waals surface area contributed by atoms with Gasteiger partial charge in [-0.3, -0.25) is 9.59 Å². The Hall–Kier alpha value is -3.79. The van der Waals surface area contributed by atoms with Gasteiger partial charge in [0.1, 0.15) is 5.75 Å². The molecule has 1 amide bonds. The Labute approximate surface area is 198 Å². The molecular weight excluding hydrogens is 430 g/mol. The number of ether oxygens (including phenoxy) is 1. The summed E-state index contributed by atoms with van der Waals surface area (Å²) in [5.41, 5.74) is 11.0. The van der Waals surface area contributed by atoms with E-state index < -0.39 is 5.97 Å². The van der Waals surface area contributed by atoms with Gasteiger partial charge < -0.3 is 20.1 Å². The Bertz CT molecular complexity index is 1240. The second kappa shape index (κ2) is 10.4. The molecule has 7 nitrogen and oxygen atoms in total. The van der Waals surface area contributed by atoms with Gasteiger partial charge in [0, 0.05) is 36.0 Å². The molecule has 176 valence electrons. The van der Waals surface area contributed by atoms with Crippen molar-refractivity contribution < 1.29 is 19.4 Å². The van der Waals surface area contributed by atoms with E-state index in [4.69, 9.17) is 15.6 Å². The van der Waals surface area contributed by atoms with E-state index in [1.54, 1.807) is 0 Å². The number of fused-ring (bicyclic) bond motifs is 3. The molecule has 0 spiro atoms. The van der Waals surface area contributed by atoms with Gasteiger partial charge in [0.05, 0.1) is 18.6 Å². The number of aryl methyl sites for hydroxylation is 1. The number of aliphatic carboxylic acids is 1. The number of hydrogen-bond acceptors (Lipinski definition) is 4. The molecule has 7 heteroatoms. The molecule has 1 aliphatic carbocycles. The van der Waals surface area contributed by atoms with Crippen LogP contribution in [0.4, 0.5) is 0 Å². The molecule has 0 saturated heterocycles. The van der Waals surface area contributed by atoms with Crippen LogP contribution in [0.3, 0.4) is 0 Å². The highest BCUT2D eigenvalue weighted by atomic mass is 16.5. The van der Waals surface area contributed by atoms with E-state index >= 15 is 0 Å². The van der Waals surface area contributed by atoms with Crippen molar-refractivity contribution in [2.24, 2.45) is 5.73 Å². The van der Waals surface area contributed by atoms with Gasteiger partial charge in [-0.2, -0.15) is 5.26 Å². The number of carbonyl (C=O) groups excluding carboxylic acids is 1. The van der Waals surface area contributed by atoms with Gasteiger partial charge in [0.2, 0.25) is 5.91 Å². The molecule has 1 unspecified atom stereocenters. The minimum Gasteiger partial charge on any atom is -0.493 e. The number of nitrogens with two attached hydrogens (primary N) is 1. The Kier molecular flexibility index (Phi) is 7.17. The van der Waals surface area contributed by atoms with Crippen LogP contribution >= 0.6 is 0 Å². The fraction of sp³-hybridized carbons (Fsp3) is 0.370. The standard InChI is InChI=1S/C27H29N3O4/c28-13-5-9-19-15-23-21(16-24(19)34-14-6-12-25(31)32)26-20(27(29)33)10-4-11-22(26)30(23)17-18-7-2-1-3-8-18/h1-3,7-8,15-16,20H,4-6,9-12,14,17H2,(H2,29,33)(H,31,32). The summed E-state index contributed by atoms with van der Waals surface area (Å²) >= 11 is 0. The van der Waals surface area contributed by atoms with Crippen LogP contribution in [-0.2, 0) is 29.0 Å². The zero-order valence-corrected chi connectivity index (χ0v) is 19.1. The lowest BCUT2D eigenvalue weighted by atomic mass is 9.84. The van der Waals surface area contributed by atoms with Crippen molar-refractivity contribution in [2.45, 2.75) is 57.4 Å². The molecular formula is C27H29N3O4. The quantitative estimate of drug-likeness (QED) is 0.438. The molecule has 4 rings (SSSR count). The molecule has 1 aliphatic rings. The van der Waals surface area contributed by atoms with Gasteiger partial charge in [-0.1, -0.05) is 30.3 Å². The van der Waals surface area contributed by atoms with Gasteiger partial charge in [-0.25, -0.2) is 0 Å². The second-order valence-electron chi connectivity index (χ2n) is 8.76. The number of benzene rings is 2. The summed E-state index contributed by atoms with van der Waals surface area (Å²) in [5, 5.41) is 19.0. The van der Waals surface area contributed by atoms with E-state index in [0.29, 0.717) is 31.6 Å². The molecule has 3 N–H and O–H groups in total. The fourth-order valence-electron chi connectivity index (χ4n) is 4.93. The number of primary amides is 1. The predicted octanol–water partition coefficient (Wildman–Crippen LogP) is 4.29. The van der Waals surface area contributed by atoms with Gasteiger partial charge in [-0.15, -0.1) is 0 Å². The lowest BCUT2D eigenvalue weighted by Crippen LogP contribution is -2.25. The Morgan fingerprint density at radius 2 is 2.03 bits per heavy atom. The van der Waals surface area contributed by atoms with Crippen molar-refractivity contribution >= 4 is 22.8 Å². The number of hydrogen-bond donors (Lipinski definition) is 2. The van der Waals surface area contributed by atoms with Crippen molar-refractivity contribution in [3.05, 3.63) is 64.8 Å². The molecule has 0 bridgehead atoms. The smallest absolute Gasteiger partial charge is 0.303 e. The maximum absolute atomic E-state index is 12.4. The van der Waals surface area contributed by atoms with Gasteiger partial charge in [0.25, 0.3) is 0 Å². The lowest BCUT2D eigenvalue weighted by Gasteiger charge is -2.22. The first-order valence-electron chi connectivity index (χ1n) is 11.7. The average Bonchev–Trinajstić information content (AvgIpc) is 3.13. The van der Waals surface area contributed by atoms with Crippen molar-refractivity contribution in [3.8, 4) is 11.8 Å². The summed E-state index contributed by atoms with van der Waals surface area (Å²) in [4.78, 5) is 23.3. The summed E-state index contributed by atoms with van der Waals surface area (Å²) in [6.07, 6.45) is 3.78. The number of carbonyl (C=O) groups is 2. The van der Waals surface area contributed by atoms with Crippen LogP contribution in [-0.4, -0.2) is 28.2 Å². The number of amides is 1. The third kappa shape index (κ3) is 4.91. The van der Waals surface area contributed by atoms with Gasteiger partial charge in [-0.05, 0) is 60.9 Å². The first-order chi connectivity index (χ1) is 16.5. The molecule has 0 fully saturated rings. The van der Waals surface area contributed by atoms with E-state index in [9.17, 15) is 14.9 Å². The zero-order valence-electron chi connectivity index (χ0n) is 19.1. The third-order valence-electron chi connectivity index (χ3n) is 6.48. The highest BCUT2D eigenvalue weighted by molar-refractivity contribution is 5.94. The zero-order chi connectivity index (χ0) is 24.1. The summed E-state index contributed by atoms with van der Waals surface area (Å²) < 4.78 is 8.29. The first-order valence-corrected chi connectivity index (χ1v) is 11.7. The average molecular weight is 460 g/mol. The summed E-state index contributed by atoms with van der Waals surface area (Å²) in [5.74, 6) is -0.896. The number of carboxylic acid groups (broad SMARTS) is 1. The van der Waals surface area contributed by atoms with Crippen LogP contribution in [0.15, 0.2) is 42.5 Å². The van der Waals surface area contributed by atoms with Gasteiger partial charge in [0.15, 0.2) is 0 Å². The van der Waals surface area contributed by atoms with Gasteiger partial charge >= 0.3 is 5.97 Å². The summed E-state index contributed by atoms with van der Waals surface area (Å²) in [6, 6.07) is 16.4. The van der Waals surface area contributed by atoms with Crippen molar-refractivity contribution in [1.82, 2.24) is 4.57 Å². The van der Waals surface area contributed by atoms with E-state index in [0.717, 1.165) is 52.5 Å². The Morgan fingerprint density at radius 3 is 2.74 bits per heavy atom. The fourth-order valence-corrected chi connectivity index (χ4v) is 4.93. The number of nitriles is 1. The molecule has 1 heterocycles. The number of aromatic nitrogens is 1. The minimum atomic E-state index is -0.861. The molecule has 34 heavy (non-hydrogen) atoms. The number of rotatable bonds is 10. The maximum atomic E-state index is 12.4. The SMILES string of the molecule is N#CCCc1cc2c(cc1OCCCC(=O)O)c1c(n2Cc2ccccc2)CCCC1C(N)=O. The van der Waals surface area contributed by atoms with E-state index in [1.807, 2.05) is 24.3 Å². The summed E-state index contributed by atoms with van der Waals surface area (Å²) in [7, 11) is 0. The molecule has 1 atom stereocenters. The molecule has 2 aromatic carbocycles. The normalized spacial score (nSPS) is 15.0. The Morgan fingerprint density at radius 1 is 1.24 bits per heavy atom. The topological polar surface area (TPSA) is 118 Å². The largest absolute Gasteiger partial charge is 0.493 e. The van der Waals surface area contributed by atoms with Crippen LogP contribution < -0.4 is 10.5 Å². The van der Waals surface area contributed by atoms with Crippen LogP contribution in [0.5, 0.6) is 5.75 Å². The summed E-state index contributed by atoms with van der Waals surface area (Å²) in [6.45, 7) is 0.943. The van der Waals surface area contributed by atoms with Crippen LogP contribution in [0.2, 0.25) is 0 Å². The maximum Gasteiger partial charge on any atom is 0.303 e. The van der Waals surface area contributed by atoms with Crippen LogP contribution in [0.25, 0.3) is 10.9 Å². The van der Waals surface area contributed by atoms with E-state index in [-0.39, 0.29) is 24.9 Å². The molecule has 3 aromatic rings. The molecule has 0 aliphatic heterocycles. The highest BCUT2D eigenvalue weighted by Crippen LogP contribution is 2.42. The molecule has 0 saturated carbocycles. The Balaban J connectivity index is 1.84. The lowest BCUT2D eigenvalue weighted by molar-refractivity contribution is -0.137. The van der Waals surface area contributed by atoms with E-state index in [1.165, 1.54) is 0 Å². The third-order valence-corrected chi connectivity index (χ3v) is 6.48. The van der Waals surface area contributed by atoms with Crippen molar-refractivity contribution in [3.63, 3.8) is 0 Å². The first kappa shape index (κ1) is 23.4. The molecule has 1 aromatic heterocycles. The number of carboxylic acids is 1. The minimum absolute atomic E-state index is 0.0301. The van der Waals surface area contributed by atoms with Crippen molar-refractivity contribution in [1.29, 1.82) is 5.26 Å². The molecule has 0 radical (unpaired) electrons. The van der Waals surface area contributed by atoms with Crippen molar-refractivity contribution in [2.75, 3.05) is 6.61 Å². The second-order valence-corrected chi connectivity index (χ2v) is 8.76. The van der Waals surface area contributed by atoms with E-state index in [2.05, 4.69) is 28.8 Å². The number of nitrogens with zero attached hydrogens (tertiary/aromatic N) is 2.